The van der Waals surface area contributed by atoms with Crippen LogP contribution in [0.3, 0.4) is 0 Å². The zero-order valence-electron chi connectivity index (χ0n) is 17.9. The van der Waals surface area contributed by atoms with Crippen molar-refractivity contribution in [2.24, 2.45) is 5.92 Å². The van der Waals surface area contributed by atoms with Crippen molar-refractivity contribution in [2.45, 2.75) is 65.8 Å². The van der Waals surface area contributed by atoms with E-state index in [2.05, 4.69) is 43.3 Å². The van der Waals surface area contributed by atoms with E-state index < -0.39 is 0 Å². The summed E-state index contributed by atoms with van der Waals surface area (Å²) in [6.45, 7) is 9.79. The van der Waals surface area contributed by atoms with Crippen molar-refractivity contribution >= 4 is 17.5 Å². The average Bonchev–Trinajstić information content (AvgIpc) is 3.08. The largest absolute Gasteiger partial charge is 0.349 e. The Bertz CT molecular complexity index is 883. The monoisotopic (exact) mass is 396 g/mol. The molecule has 1 aliphatic rings. The van der Waals surface area contributed by atoms with E-state index in [1.807, 2.05) is 28.8 Å². The van der Waals surface area contributed by atoms with Crippen LogP contribution in [-0.2, 0) is 13.0 Å². The molecule has 0 bridgehead atoms. The summed E-state index contributed by atoms with van der Waals surface area (Å²) in [6, 6.07) is 7.83. The molecular formula is C23H32N4O2. The maximum atomic E-state index is 13.1. The molecule has 1 aromatic heterocycles. The first-order valence-electron chi connectivity index (χ1n) is 10.7. The van der Waals surface area contributed by atoms with Crippen molar-refractivity contribution in [3.8, 4) is 0 Å². The molecule has 1 aliphatic heterocycles. The number of rotatable bonds is 7. The molecule has 3 rings (SSSR count). The standard InChI is InChI=1S/C23H32N4O2/c1-15(2)12-13-24-23(29)21-26-20(19-11-7-8-14-27(19)21)22(28)25-18-10-6-5-9-17(18)16(3)4/h5-6,9-10,15-16H,7-8,11-14H2,1-4H3,(H,24,29)(H,25,28). The minimum atomic E-state index is -0.245. The number of fused-ring (bicyclic) bond motifs is 1. The number of para-hydroxylation sites is 1. The molecule has 156 valence electrons. The van der Waals surface area contributed by atoms with Crippen LogP contribution >= 0.6 is 0 Å². The molecule has 2 N–H and O–H groups in total. The van der Waals surface area contributed by atoms with Gasteiger partial charge >= 0.3 is 0 Å². The predicted molar refractivity (Wildman–Crippen MR) is 115 cm³/mol. The third-order valence-corrected chi connectivity index (χ3v) is 5.37. The molecule has 0 radical (unpaired) electrons. The normalized spacial score (nSPS) is 13.4. The fourth-order valence-electron chi connectivity index (χ4n) is 3.75. The van der Waals surface area contributed by atoms with E-state index in [9.17, 15) is 9.59 Å². The summed E-state index contributed by atoms with van der Waals surface area (Å²) in [4.78, 5) is 30.3. The number of anilines is 1. The molecule has 0 unspecified atom stereocenters. The topological polar surface area (TPSA) is 76.0 Å². The second kappa shape index (κ2) is 9.25. The maximum absolute atomic E-state index is 13.1. The third-order valence-electron chi connectivity index (χ3n) is 5.37. The lowest BCUT2D eigenvalue weighted by Gasteiger charge is -2.17. The molecular weight excluding hydrogens is 364 g/mol. The molecule has 2 amide bonds. The van der Waals surface area contributed by atoms with Crippen LogP contribution in [0.4, 0.5) is 5.69 Å². The van der Waals surface area contributed by atoms with Gasteiger partial charge in [-0.15, -0.1) is 0 Å². The van der Waals surface area contributed by atoms with Crippen LogP contribution in [-0.4, -0.2) is 27.9 Å². The molecule has 6 nitrogen and oxygen atoms in total. The fourth-order valence-corrected chi connectivity index (χ4v) is 3.75. The molecule has 1 aromatic carbocycles. The second-order valence-electron chi connectivity index (χ2n) is 8.47. The first kappa shape index (κ1) is 21.1. The third kappa shape index (κ3) is 4.86. The number of nitrogens with one attached hydrogen (secondary N) is 2. The molecule has 6 heteroatoms. The van der Waals surface area contributed by atoms with Gasteiger partial charge in [-0.1, -0.05) is 45.9 Å². The van der Waals surface area contributed by atoms with Crippen LogP contribution in [0.2, 0.25) is 0 Å². The molecule has 0 fully saturated rings. The number of carbonyl (C=O) groups excluding carboxylic acids is 2. The molecule has 2 heterocycles. The lowest BCUT2D eigenvalue weighted by molar-refractivity contribution is 0.0936. The van der Waals surface area contributed by atoms with Crippen LogP contribution in [0.5, 0.6) is 0 Å². The van der Waals surface area contributed by atoms with Gasteiger partial charge in [0.25, 0.3) is 11.8 Å². The number of carbonyl (C=O) groups is 2. The van der Waals surface area contributed by atoms with E-state index in [1.165, 1.54) is 0 Å². The van der Waals surface area contributed by atoms with Gasteiger partial charge in [-0.25, -0.2) is 4.98 Å². The lowest BCUT2D eigenvalue weighted by atomic mass is 10.0. The minimum absolute atomic E-state index is 0.199. The summed E-state index contributed by atoms with van der Waals surface area (Å²) in [5, 5.41) is 5.97. The van der Waals surface area contributed by atoms with Crippen molar-refractivity contribution in [1.29, 1.82) is 0 Å². The number of benzene rings is 1. The molecule has 0 atom stereocenters. The summed E-state index contributed by atoms with van der Waals surface area (Å²) in [5.41, 5.74) is 3.12. The van der Waals surface area contributed by atoms with Gasteiger partial charge in [0.05, 0.1) is 5.69 Å². The molecule has 29 heavy (non-hydrogen) atoms. The van der Waals surface area contributed by atoms with E-state index in [-0.39, 0.29) is 11.8 Å². The van der Waals surface area contributed by atoms with E-state index in [0.717, 1.165) is 49.2 Å². The van der Waals surface area contributed by atoms with Crippen LogP contribution in [0, 0.1) is 5.92 Å². The molecule has 0 saturated carbocycles. The van der Waals surface area contributed by atoms with Crippen molar-refractivity contribution in [3.05, 3.63) is 47.0 Å². The highest BCUT2D eigenvalue weighted by Crippen LogP contribution is 2.26. The van der Waals surface area contributed by atoms with Crippen molar-refractivity contribution < 1.29 is 9.59 Å². The van der Waals surface area contributed by atoms with Crippen LogP contribution < -0.4 is 10.6 Å². The van der Waals surface area contributed by atoms with Crippen LogP contribution in [0.25, 0.3) is 0 Å². The Balaban J connectivity index is 1.85. The average molecular weight is 397 g/mol. The van der Waals surface area contributed by atoms with E-state index in [4.69, 9.17) is 0 Å². The lowest BCUT2D eigenvalue weighted by Crippen LogP contribution is -2.29. The Kier molecular flexibility index (Phi) is 6.72. The van der Waals surface area contributed by atoms with Gasteiger partial charge in [0.1, 0.15) is 0 Å². The van der Waals surface area contributed by atoms with Crippen LogP contribution in [0.1, 0.15) is 85.2 Å². The summed E-state index contributed by atoms with van der Waals surface area (Å²) in [6.07, 6.45) is 3.68. The molecule has 0 aliphatic carbocycles. The SMILES string of the molecule is CC(C)CCNC(=O)c1nc(C(=O)Nc2ccccc2C(C)C)c2n1CCCC2. The Morgan fingerprint density at radius 2 is 1.86 bits per heavy atom. The highest BCUT2D eigenvalue weighted by Gasteiger charge is 2.27. The number of nitrogens with zero attached hydrogens (tertiary/aromatic N) is 2. The number of hydrogen-bond donors (Lipinski definition) is 2. The fraction of sp³-hybridized carbons (Fsp3) is 0.522. The van der Waals surface area contributed by atoms with E-state index >= 15 is 0 Å². The van der Waals surface area contributed by atoms with Gasteiger partial charge in [-0.3, -0.25) is 9.59 Å². The minimum Gasteiger partial charge on any atom is -0.349 e. The van der Waals surface area contributed by atoms with Crippen LogP contribution in [0.15, 0.2) is 24.3 Å². The number of aromatic nitrogens is 2. The van der Waals surface area contributed by atoms with Crippen molar-refractivity contribution in [1.82, 2.24) is 14.9 Å². The van der Waals surface area contributed by atoms with Gasteiger partial charge in [0, 0.05) is 18.8 Å². The summed E-state index contributed by atoms with van der Waals surface area (Å²) in [7, 11) is 0. The second-order valence-corrected chi connectivity index (χ2v) is 8.47. The molecule has 2 aromatic rings. The van der Waals surface area contributed by atoms with Gasteiger partial charge in [0.15, 0.2) is 11.5 Å². The van der Waals surface area contributed by atoms with E-state index in [1.54, 1.807) is 0 Å². The Hall–Kier alpha value is -2.63. The molecule has 0 saturated heterocycles. The number of imidazole rings is 1. The van der Waals surface area contributed by atoms with Crippen molar-refractivity contribution in [3.63, 3.8) is 0 Å². The maximum Gasteiger partial charge on any atom is 0.287 e. The van der Waals surface area contributed by atoms with E-state index in [0.29, 0.717) is 29.9 Å². The van der Waals surface area contributed by atoms with Crippen molar-refractivity contribution in [2.75, 3.05) is 11.9 Å². The van der Waals surface area contributed by atoms with Gasteiger partial charge < -0.3 is 15.2 Å². The predicted octanol–water partition coefficient (Wildman–Crippen LogP) is 4.37. The summed E-state index contributed by atoms with van der Waals surface area (Å²) < 4.78 is 1.93. The van der Waals surface area contributed by atoms with Gasteiger partial charge in [-0.2, -0.15) is 0 Å². The Labute approximate surface area is 173 Å². The Morgan fingerprint density at radius 1 is 1.10 bits per heavy atom. The summed E-state index contributed by atoms with van der Waals surface area (Å²) in [5.74, 6) is 0.725. The Morgan fingerprint density at radius 3 is 2.59 bits per heavy atom. The molecule has 0 spiro atoms. The summed E-state index contributed by atoms with van der Waals surface area (Å²) >= 11 is 0. The smallest absolute Gasteiger partial charge is 0.287 e. The first-order chi connectivity index (χ1) is 13.9. The van der Waals surface area contributed by atoms with Gasteiger partial charge in [0.2, 0.25) is 0 Å². The highest BCUT2D eigenvalue weighted by atomic mass is 16.2. The number of amides is 2. The highest BCUT2D eigenvalue weighted by molar-refractivity contribution is 6.05. The number of hydrogen-bond acceptors (Lipinski definition) is 3. The quantitative estimate of drug-likeness (QED) is 0.730. The first-order valence-corrected chi connectivity index (χ1v) is 10.7. The van der Waals surface area contributed by atoms with Gasteiger partial charge in [-0.05, 0) is 49.1 Å². The zero-order valence-corrected chi connectivity index (χ0v) is 17.9. The zero-order chi connectivity index (χ0) is 21.0.